The SMILES string of the molecule is CC(C)c1cccc(Oc2ccc(S(=O)(=O)Cl)cc2)c1. The molecule has 0 saturated carbocycles. The van der Waals surface area contributed by atoms with Crippen molar-refractivity contribution >= 4 is 19.7 Å². The molecule has 0 atom stereocenters. The van der Waals surface area contributed by atoms with Crippen molar-refractivity contribution in [1.82, 2.24) is 0 Å². The van der Waals surface area contributed by atoms with Gasteiger partial charge in [-0.2, -0.15) is 0 Å². The van der Waals surface area contributed by atoms with Crippen LogP contribution in [0.3, 0.4) is 0 Å². The van der Waals surface area contributed by atoms with Crippen LogP contribution in [0.15, 0.2) is 53.4 Å². The van der Waals surface area contributed by atoms with E-state index in [9.17, 15) is 8.42 Å². The molecular formula is C15H15ClO3S. The van der Waals surface area contributed by atoms with E-state index in [-0.39, 0.29) is 4.90 Å². The second-order valence-electron chi connectivity index (χ2n) is 4.74. The number of halogens is 1. The third-order valence-corrected chi connectivity index (χ3v) is 4.24. The largest absolute Gasteiger partial charge is 0.457 e. The molecule has 3 nitrogen and oxygen atoms in total. The van der Waals surface area contributed by atoms with Crippen LogP contribution in [0.4, 0.5) is 0 Å². The molecule has 0 aliphatic heterocycles. The van der Waals surface area contributed by atoms with Gasteiger partial charge in [0, 0.05) is 10.7 Å². The fourth-order valence-electron chi connectivity index (χ4n) is 1.74. The number of hydrogen-bond donors (Lipinski definition) is 0. The Morgan fingerprint density at radius 3 is 2.20 bits per heavy atom. The van der Waals surface area contributed by atoms with Gasteiger partial charge in [-0.25, -0.2) is 8.42 Å². The fraction of sp³-hybridized carbons (Fsp3) is 0.200. The molecule has 0 bridgehead atoms. The van der Waals surface area contributed by atoms with Crippen LogP contribution in [0.25, 0.3) is 0 Å². The maximum atomic E-state index is 11.1. The van der Waals surface area contributed by atoms with Crippen LogP contribution in [0, 0.1) is 0 Å². The molecule has 0 aliphatic carbocycles. The molecule has 0 aromatic heterocycles. The first-order valence-electron chi connectivity index (χ1n) is 6.19. The molecule has 0 saturated heterocycles. The predicted octanol–water partition coefficient (Wildman–Crippen LogP) is 4.53. The lowest BCUT2D eigenvalue weighted by Crippen LogP contribution is -1.92. The van der Waals surface area contributed by atoms with Crippen molar-refractivity contribution in [2.75, 3.05) is 0 Å². The van der Waals surface area contributed by atoms with Gasteiger partial charge < -0.3 is 4.74 Å². The zero-order valence-electron chi connectivity index (χ0n) is 11.2. The summed E-state index contributed by atoms with van der Waals surface area (Å²) in [6.45, 7) is 4.22. The lowest BCUT2D eigenvalue weighted by molar-refractivity contribution is 0.481. The van der Waals surface area contributed by atoms with Crippen LogP contribution >= 0.6 is 10.7 Å². The van der Waals surface area contributed by atoms with Crippen molar-refractivity contribution in [3.05, 3.63) is 54.1 Å². The first-order valence-corrected chi connectivity index (χ1v) is 8.50. The quantitative estimate of drug-likeness (QED) is 0.779. The van der Waals surface area contributed by atoms with Crippen molar-refractivity contribution in [1.29, 1.82) is 0 Å². The molecule has 20 heavy (non-hydrogen) atoms. The minimum Gasteiger partial charge on any atom is -0.457 e. The first-order chi connectivity index (χ1) is 9.36. The highest BCUT2D eigenvalue weighted by Crippen LogP contribution is 2.26. The Morgan fingerprint density at radius 1 is 1.00 bits per heavy atom. The molecular weight excluding hydrogens is 296 g/mol. The molecule has 0 spiro atoms. The standard InChI is InChI=1S/C15H15ClO3S/c1-11(2)12-4-3-5-14(10-12)19-13-6-8-15(9-7-13)20(16,17)18/h3-11H,1-2H3. The topological polar surface area (TPSA) is 43.4 Å². The lowest BCUT2D eigenvalue weighted by atomic mass is 10.0. The molecule has 0 N–H and O–H groups in total. The summed E-state index contributed by atoms with van der Waals surface area (Å²) in [7, 11) is 1.56. The highest BCUT2D eigenvalue weighted by Gasteiger charge is 2.09. The van der Waals surface area contributed by atoms with Crippen LogP contribution in [0.1, 0.15) is 25.3 Å². The highest BCUT2D eigenvalue weighted by atomic mass is 35.7. The second kappa shape index (κ2) is 5.85. The Labute approximate surface area is 123 Å². The van der Waals surface area contributed by atoms with Gasteiger partial charge in [-0.05, 0) is 47.9 Å². The molecule has 2 aromatic rings. The smallest absolute Gasteiger partial charge is 0.261 e. The molecule has 0 aliphatic rings. The predicted molar refractivity (Wildman–Crippen MR) is 80.1 cm³/mol. The summed E-state index contributed by atoms with van der Waals surface area (Å²) in [6.07, 6.45) is 0. The van der Waals surface area contributed by atoms with Gasteiger partial charge in [0.25, 0.3) is 9.05 Å². The van der Waals surface area contributed by atoms with E-state index in [4.69, 9.17) is 15.4 Å². The first kappa shape index (κ1) is 14.9. The maximum absolute atomic E-state index is 11.1. The van der Waals surface area contributed by atoms with Gasteiger partial charge in [0.1, 0.15) is 11.5 Å². The second-order valence-corrected chi connectivity index (χ2v) is 7.30. The third kappa shape index (κ3) is 3.74. The summed E-state index contributed by atoms with van der Waals surface area (Å²) < 4.78 is 28.0. The molecule has 0 unspecified atom stereocenters. The van der Waals surface area contributed by atoms with E-state index in [2.05, 4.69) is 13.8 Å². The zero-order valence-corrected chi connectivity index (χ0v) is 12.8. The summed E-state index contributed by atoms with van der Waals surface area (Å²) in [6, 6.07) is 13.8. The van der Waals surface area contributed by atoms with Crippen molar-refractivity contribution in [2.24, 2.45) is 0 Å². The van der Waals surface area contributed by atoms with Crippen LogP contribution in [-0.2, 0) is 9.05 Å². The Hall–Kier alpha value is -1.52. The van der Waals surface area contributed by atoms with E-state index >= 15 is 0 Å². The summed E-state index contributed by atoms with van der Waals surface area (Å²) >= 11 is 0. The molecule has 2 rings (SSSR count). The van der Waals surface area contributed by atoms with Crippen LogP contribution in [-0.4, -0.2) is 8.42 Å². The van der Waals surface area contributed by atoms with Crippen LogP contribution < -0.4 is 4.74 Å². The van der Waals surface area contributed by atoms with Gasteiger partial charge >= 0.3 is 0 Å². The minimum absolute atomic E-state index is 0.0578. The van der Waals surface area contributed by atoms with E-state index in [1.54, 1.807) is 12.1 Å². The lowest BCUT2D eigenvalue weighted by Gasteiger charge is -2.09. The number of benzene rings is 2. The normalized spacial score (nSPS) is 11.6. The summed E-state index contributed by atoms with van der Waals surface area (Å²) in [5.41, 5.74) is 1.18. The Bertz CT molecular complexity index is 691. The number of ether oxygens (including phenoxy) is 1. The van der Waals surface area contributed by atoms with E-state index in [1.165, 1.54) is 17.7 Å². The van der Waals surface area contributed by atoms with Crippen LogP contribution in [0.2, 0.25) is 0 Å². The van der Waals surface area contributed by atoms with Crippen molar-refractivity contribution in [3.63, 3.8) is 0 Å². The third-order valence-electron chi connectivity index (χ3n) is 2.87. The Kier molecular flexibility index (Phi) is 4.35. The average molecular weight is 311 g/mol. The van der Waals surface area contributed by atoms with E-state index in [0.29, 0.717) is 11.7 Å². The van der Waals surface area contributed by atoms with Gasteiger partial charge in [-0.1, -0.05) is 26.0 Å². The van der Waals surface area contributed by atoms with Crippen molar-refractivity contribution in [2.45, 2.75) is 24.7 Å². The maximum Gasteiger partial charge on any atom is 0.261 e. The van der Waals surface area contributed by atoms with Crippen molar-refractivity contribution in [3.8, 4) is 11.5 Å². The molecule has 0 fully saturated rings. The monoisotopic (exact) mass is 310 g/mol. The minimum atomic E-state index is -3.69. The zero-order chi connectivity index (χ0) is 14.8. The van der Waals surface area contributed by atoms with Crippen molar-refractivity contribution < 1.29 is 13.2 Å². The highest BCUT2D eigenvalue weighted by molar-refractivity contribution is 8.13. The fourth-order valence-corrected chi connectivity index (χ4v) is 2.51. The Balaban J connectivity index is 2.20. The Morgan fingerprint density at radius 2 is 1.65 bits per heavy atom. The van der Waals surface area contributed by atoms with Gasteiger partial charge in [-0.15, -0.1) is 0 Å². The molecule has 0 amide bonds. The van der Waals surface area contributed by atoms with Crippen LogP contribution in [0.5, 0.6) is 11.5 Å². The molecule has 0 heterocycles. The van der Waals surface area contributed by atoms with Gasteiger partial charge in [0.15, 0.2) is 0 Å². The van der Waals surface area contributed by atoms with E-state index in [0.717, 1.165) is 5.75 Å². The average Bonchev–Trinajstić information content (AvgIpc) is 2.38. The van der Waals surface area contributed by atoms with E-state index in [1.807, 2.05) is 24.3 Å². The van der Waals surface area contributed by atoms with Gasteiger partial charge in [0.2, 0.25) is 0 Å². The number of hydrogen-bond acceptors (Lipinski definition) is 3. The summed E-state index contributed by atoms with van der Waals surface area (Å²) in [5.74, 6) is 1.70. The summed E-state index contributed by atoms with van der Waals surface area (Å²) in [5, 5.41) is 0. The number of rotatable bonds is 4. The molecule has 5 heteroatoms. The van der Waals surface area contributed by atoms with E-state index < -0.39 is 9.05 Å². The summed E-state index contributed by atoms with van der Waals surface area (Å²) in [4.78, 5) is 0.0578. The molecule has 106 valence electrons. The molecule has 2 aromatic carbocycles. The van der Waals surface area contributed by atoms with Gasteiger partial charge in [0.05, 0.1) is 4.90 Å². The van der Waals surface area contributed by atoms with Gasteiger partial charge in [-0.3, -0.25) is 0 Å². The molecule has 0 radical (unpaired) electrons.